The average molecular weight is 102 g/mol. The van der Waals surface area contributed by atoms with Crippen molar-refractivity contribution >= 4 is 11.9 Å². The predicted octanol–water partition coefficient (Wildman–Crippen LogP) is 0.677. The molecule has 2 nitrogen and oxygen atoms in total. The summed E-state index contributed by atoms with van der Waals surface area (Å²) in [6.07, 6.45) is 0. The lowest BCUT2D eigenvalue weighted by molar-refractivity contribution is 0.708. The van der Waals surface area contributed by atoms with Crippen LogP contribution >= 0.6 is 11.9 Å². The van der Waals surface area contributed by atoms with Crippen molar-refractivity contribution in [3.05, 3.63) is 0 Å². The van der Waals surface area contributed by atoms with Crippen LogP contribution < -0.4 is 0 Å². The molecule has 0 fully saturated rings. The second-order valence-corrected chi connectivity index (χ2v) is 2.09. The minimum Gasteiger partial charge on any atom is -0.244 e. The third-order valence-electron chi connectivity index (χ3n) is 0.223. The number of thiocyanates is 1. The minimum absolute atomic E-state index is 1.12. The molecule has 0 amide bonds. The molecular weight excluding hydrogens is 96.1 g/mol. The molecular formula is C3H6N2S. The molecule has 0 spiro atoms. The molecule has 34 valence electrons. The Kier molecular flexibility index (Phi) is 2.91. The largest absolute Gasteiger partial charge is 0.244 e. The molecule has 0 heterocycles. The molecule has 0 aromatic carbocycles. The van der Waals surface area contributed by atoms with E-state index in [1.165, 1.54) is 0 Å². The summed E-state index contributed by atoms with van der Waals surface area (Å²) < 4.78 is 1.74. The van der Waals surface area contributed by atoms with Crippen LogP contribution in [0.25, 0.3) is 0 Å². The fourth-order valence-corrected chi connectivity index (χ4v) is 0.245. The Labute approximate surface area is 41.9 Å². The van der Waals surface area contributed by atoms with Crippen LogP contribution in [0, 0.1) is 10.7 Å². The van der Waals surface area contributed by atoms with Gasteiger partial charge < -0.3 is 0 Å². The summed E-state index contributed by atoms with van der Waals surface area (Å²) >= 11 is 1.12. The molecule has 0 radical (unpaired) electrons. The van der Waals surface area contributed by atoms with Crippen molar-refractivity contribution in [3.63, 3.8) is 0 Å². The van der Waals surface area contributed by atoms with E-state index < -0.39 is 0 Å². The van der Waals surface area contributed by atoms with E-state index >= 15 is 0 Å². The van der Waals surface area contributed by atoms with Gasteiger partial charge in [0.2, 0.25) is 0 Å². The monoisotopic (exact) mass is 102 g/mol. The van der Waals surface area contributed by atoms with Gasteiger partial charge in [-0.3, -0.25) is 0 Å². The Balaban J connectivity index is 2.88. The van der Waals surface area contributed by atoms with Crippen LogP contribution in [0.5, 0.6) is 0 Å². The molecule has 0 aliphatic carbocycles. The van der Waals surface area contributed by atoms with Crippen molar-refractivity contribution < 1.29 is 0 Å². The van der Waals surface area contributed by atoms with Crippen molar-refractivity contribution in [2.45, 2.75) is 0 Å². The van der Waals surface area contributed by atoms with Crippen molar-refractivity contribution in [1.29, 1.82) is 5.26 Å². The van der Waals surface area contributed by atoms with Crippen molar-refractivity contribution in [1.82, 2.24) is 4.31 Å². The maximum atomic E-state index is 7.91. The third-order valence-corrected chi connectivity index (χ3v) is 0.670. The Morgan fingerprint density at radius 1 is 1.67 bits per heavy atom. The molecule has 0 aliphatic heterocycles. The summed E-state index contributed by atoms with van der Waals surface area (Å²) in [5.74, 6) is 0. The van der Waals surface area contributed by atoms with Gasteiger partial charge in [-0.1, -0.05) is 0 Å². The molecule has 0 rings (SSSR count). The standard InChI is InChI=1S/C3H6N2S/c1-5(2)6-3-4/h1-2H3. The highest BCUT2D eigenvalue weighted by Gasteiger charge is 1.80. The van der Waals surface area contributed by atoms with Crippen molar-refractivity contribution in [2.24, 2.45) is 0 Å². The zero-order valence-corrected chi connectivity index (χ0v) is 4.62. The Hall–Kier alpha value is -0.200. The van der Waals surface area contributed by atoms with Gasteiger partial charge in [0.25, 0.3) is 0 Å². The molecule has 0 atom stereocenters. The molecule has 3 heteroatoms. The van der Waals surface area contributed by atoms with Gasteiger partial charge in [-0.05, 0) is 14.1 Å². The van der Waals surface area contributed by atoms with E-state index in [0.29, 0.717) is 0 Å². The molecule has 6 heavy (non-hydrogen) atoms. The topological polar surface area (TPSA) is 27.0 Å². The van der Waals surface area contributed by atoms with Gasteiger partial charge in [-0.2, -0.15) is 5.26 Å². The predicted molar refractivity (Wildman–Crippen MR) is 26.9 cm³/mol. The van der Waals surface area contributed by atoms with Crippen LogP contribution in [0.1, 0.15) is 0 Å². The summed E-state index contributed by atoms with van der Waals surface area (Å²) in [5, 5.41) is 9.82. The smallest absolute Gasteiger partial charge is 0.150 e. The second kappa shape index (κ2) is 3.01. The SMILES string of the molecule is CN(C)SC#N. The zero-order valence-electron chi connectivity index (χ0n) is 3.80. The molecule has 0 aromatic rings. The fraction of sp³-hybridized carbons (Fsp3) is 0.667. The van der Waals surface area contributed by atoms with Crippen LogP contribution in [0.3, 0.4) is 0 Å². The van der Waals surface area contributed by atoms with Gasteiger partial charge in [0, 0.05) is 11.9 Å². The quantitative estimate of drug-likeness (QED) is 0.360. The average Bonchev–Trinajstić information content (AvgIpc) is 1.35. The Morgan fingerprint density at radius 3 is 2.17 bits per heavy atom. The Bertz CT molecular complexity index is 63.7. The highest BCUT2D eigenvalue weighted by molar-refractivity contribution is 8.01. The van der Waals surface area contributed by atoms with Gasteiger partial charge in [0.15, 0.2) is 0 Å². The first kappa shape index (κ1) is 5.80. The summed E-state index contributed by atoms with van der Waals surface area (Å²) in [6, 6.07) is 0. The molecule has 0 N–H and O–H groups in total. The highest BCUT2D eigenvalue weighted by Crippen LogP contribution is 1.96. The Morgan fingerprint density at radius 2 is 2.17 bits per heavy atom. The summed E-state index contributed by atoms with van der Waals surface area (Å²) in [7, 11) is 3.65. The molecule has 0 saturated heterocycles. The van der Waals surface area contributed by atoms with E-state index in [-0.39, 0.29) is 0 Å². The maximum Gasteiger partial charge on any atom is 0.150 e. The normalized spacial score (nSPS) is 8.33. The van der Waals surface area contributed by atoms with E-state index in [1.807, 2.05) is 19.5 Å². The maximum absolute atomic E-state index is 7.91. The summed E-state index contributed by atoms with van der Waals surface area (Å²) in [6.45, 7) is 0. The van der Waals surface area contributed by atoms with E-state index in [2.05, 4.69) is 0 Å². The number of nitriles is 1. The first-order valence-corrected chi connectivity index (χ1v) is 2.28. The second-order valence-electron chi connectivity index (χ2n) is 0.995. The van der Waals surface area contributed by atoms with Crippen molar-refractivity contribution in [3.8, 4) is 5.40 Å². The summed E-state index contributed by atoms with van der Waals surface area (Å²) in [4.78, 5) is 0. The molecule has 0 aliphatic rings. The van der Waals surface area contributed by atoms with E-state index in [0.717, 1.165) is 11.9 Å². The first-order valence-electron chi connectivity index (χ1n) is 1.50. The van der Waals surface area contributed by atoms with Gasteiger partial charge in [0.1, 0.15) is 5.40 Å². The number of hydrogen-bond acceptors (Lipinski definition) is 3. The molecule has 0 unspecified atom stereocenters. The van der Waals surface area contributed by atoms with Crippen LogP contribution in [-0.2, 0) is 0 Å². The number of hydrogen-bond donors (Lipinski definition) is 0. The van der Waals surface area contributed by atoms with Crippen LogP contribution in [-0.4, -0.2) is 18.4 Å². The van der Waals surface area contributed by atoms with Crippen LogP contribution in [0.4, 0.5) is 0 Å². The lowest BCUT2D eigenvalue weighted by atomic mass is 11.3. The van der Waals surface area contributed by atoms with Crippen LogP contribution in [0.2, 0.25) is 0 Å². The van der Waals surface area contributed by atoms with E-state index in [1.54, 1.807) is 4.31 Å². The minimum atomic E-state index is 1.12. The highest BCUT2D eigenvalue weighted by atomic mass is 32.2. The molecule has 0 aromatic heterocycles. The van der Waals surface area contributed by atoms with E-state index in [4.69, 9.17) is 5.26 Å². The lowest BCUT2D eigenvalue weighted by Crippen LogP contribution is -1.95. The number of nitrogens with zero attached hydrogens (tertiary/aromatic N) is 2. The molecule has 0 saturated carbocycles. The molecule has 0 bridgehead atoms. The number of rotatable bonds is 1. The van der Waals surface area contributed by atoms with Crippen molar-refractivity contribution in [2.75, 3.05) is 14.1 Å². The summed E-state index contributed by atoms with van der Waals surface area (Å²) in [5.41, 5.74) is 0. The van der Waals surface area contributed by atoms with Gasteiger partial charge >= 0.3 is 0 Å². The fourth-order valence-electron chi connectivity index (χ4n) is 0.0816. The van der Waals surface area contributed by atoms with E-state index in [9.17, 15) is 0 Å². The van der Waals surface area contributed by atoms with Gasteiger partial charge in [0.05, 0.1) is 0 Å². The first-order chi connectivity index (χ1) is 2.77. The van der Waals surface area contributed by atoms with Gasteiger partial charge in [-0.25, -0.2) is 4.31 Å². The third kappa shape index (κ3) is 3.80. The van der Waals surface area contributed by atoms with Crippen LogP contribution in [0.15, 0.2) is 0 Å². The zero-order chi connectivity index (χ0) is 4.99. The lowest BCUT2D eigenvalue weighted by Gasteiger charge is -1.95. The van der Waals surface area contributed by atoms with Gasteiger partial charge in [-0.15, -0.1) is 0 Å².